The van der Waals surface area contributed by atoms with E-state index in [0.29, 0.717) is 5.69 Å². The number of carbonyl (C=O) groups is 1. The first-order valence-electron chi connectivity index (χ1n) is 10.3. The quantitative estimate of drug-likeness (QED) is 0.421. The van der Waals surface area contributed by atoms with Gasteiger partial charge >= 0.3 is 0 Å². The van der Waals surface area contributed by atoms with E-state index >= 15 is 0 Å². The summed E-state index contributed by atoms with van der Waals surface area (Å²) in [5.74, 6) is -0.495. The minimum atomic E-state index is -3.75. The molecule has 1 aromatic heterocycles. The van der Waals surface area contributed by atoms with Gasteiger partial charge in [0.1, 0.15) is 6.33 Å². The molecule has 170 valence electrons. The Morgan fingerprint density at radius 2 is 1.76 bits per heavy atom. The predicted octanol–water partition coefficient (Wildman–Crippen LogP) is 4.96. The number of nitrogens with one attached hydrogen (secondary N) is 1. The first kappa shape index (κ1) is 23.0. The van der Waals surface area contributed by atoms with Crippen LogP contribution in [0, 0.1) is 0 Å². The maximum Gasteiger partial charge on any atom is 0.257 e. The highest BCUT2D eigenvalue weighted by Gasteiger charge is 2.25. The van der Waals surface area contributed by atoms with Crippen LogP contribution in [0.15, 0.2) is 78.0 Å². The van der Waals surface area contributed by atoms with Crippen molar-refractivity contribution in [3.8, 4) is 5.69 Å². The Morgan fingerprint density at radius 3 is 2.45 bits per heavy atom. The smallest absolute Gasteiger partial charge is 0.257 e. The number of para-hydroxylation sites is 2. The van der Waals surface area contributed by atoms with E-state index < -0.39 is 15.9 Å². The summed E-state index contributed by atoms with van der Waals surface area (Å²) < 4.78 is 28.8. The lowest BCUT2D eigenvalue weighted by Gasteiger charge is -2.21. The van der Waals surface area contributed by atoms with Crippen LogP contribution in [0.4, 0.5) is 5.69 Å². The molecule has 1 heterocycles. The van der Waals surface area contributed by atoms with E-state index in [2.05, 4.69) is 10.3 Å². The number of nitrogens with zero attached hydrogens (tertiary/aromatic N) is 3. The second kappa shape index (κ2) is 8.97. The van der Waals surface area contributed by atoms with Gasteiger partial charge in [-0.3, -0.25) is 9.36 Å². The third-order valence-corrected chi connectivity index (χ3v) is 7.80. The van der Waals surface area contributed by atoms with Gasteiger partial charge in [0.15, 0.2) is 0 Å². The molecule has 0 saturated heterocycles. The zero-order valence-electron chi connectivity index (χ0n) is 18.4. The molecule has 0 bridgehead atoms. The summed E-state index contributed by atoms with van der Waals surface area (Å²) in [6.07, 6.45) is 1.75. The van der Waals surface area contributed by atoms with E-state index in [1.54, 1.807) is 32.3 Å². The lowest BCUT2D eigenvalue weighted by Crippen LogP contribution is -2.33. The van der Waals surface area contributed by atoms with Gasteiger partial charge in [-0.05, 0) is 68.4 Å². The van der Waals surface area contributed by atoms with E-state index in [4.69, 9.17) is 11.6 Å². The Bertz CT molecular complexity index is 1430. The molecule has 0 saturated carbocycles. The van der Waals surface area contributed by atoms with Crippen molar-refractivity contribution in [2.45, 2.75) is 24.8 Å². The van der Waals surface area contributed by atoms with E-state index in [0.717, 1.165) is 16.7 Å². The third kappa shape index (κ3) is 4.50. The lowest BCUT2D eigenvalue weighted by molar-refractivity contribution is 0.102. The molecule has 0 aliphatic rings. The maximum atomic E-state index is 12.9. The topological polar surface area (TPSA) is 84.3 Å². The van der Waals surface area contributed by atoms with Crippen molar-refractivity contribution < 1.29 is 13.2 Å². The summed E-state index contributed by atoms with van der Waals surface area (Å²) in [6, 6.07) is 19.0. The normalized spacial score (nSPS) is 11.9. The van der Waals surface area contributed by atoms with Gasteiger partial charge in [-0.15, -0.1) is 0 Å². The molecule has 0 radical (unpaired) electrons. The van der Waals surface area contributed by atoms with Gasteiger partial charge in [-0.25, -0.2) is 13.4 Å². The first-order chi connectivity index (χ1) is 15.7. The summed E-state index contributed by atoms with van der Waals surface area (Å²) in [5, 5.41) is 2.95. The standard InChI is InChI=1S/C24H23ClN4O3S/c1-16(2)28(3)33(31,32)19-12-13-21(25)20(14-19)24(30)27-17-8-10-18(11-9-17)29-15-26-22-6-4-5-7-23(22)29/h4-16H,1-3H3,(H,27,30). The van der Waals surface area contributed by atoms with Crippen LogP contribution in [0.2, 0.25) is 5.02 Å². The number of carbonyl (C=O) groups excluding carboxylic acids is 1. The van der Waals surface area contributed by atoms with Gasteiger partial charge in [0.2, 0.25) is 10.0 Å². The van der Waals surface area contributed by atoms with Crippen molar-refractivity contribution in [2.75, 3.05) is 12.4 Å². The number of benzene rings is 3. The monoisotopic (exact) mass is 482 g/mol. The zero-order valence-corrected chi connectivity index (χ0v) is 19.9. The molecule has 33 heavy (non-hydrogen) atoms. The number of amides is 1. The molecule has 1 N–H and O–H groups in total. The molecule has 0 atom stereocenters. The number of aromatic nitrogens is 2. The van der Waals surface area contributed by atoms with Crippen LogP contribution in [0.1, 0.15) is 24.2 Å². The number of halogens is 1. The first-order valence-corrected chi connectivity index (χ1v) is 12.1. The Kier molecular flexibility index (Phi) is 6.25. The number of hydrogen-bond acceptors (Lipinski definition) is 4. The fourth-order valence-corrected chi connectivity index (χ4v) is 4.95. The van der Waals surface area contributed by atoms with Gasteiger partial charge in [0.05, 0.1) is 26.5 Å². The molecule has 0 fully saturated rings. The molecular formula is C24H23ClN4O3S. The zero-order chi connectivity index (χ0) is 23.8. The SMILES string of the molecule is CC(C)N(C)S(=O)(=O)c1ccc(Cl)c(C(=O)Nc2ccc(-n3cnc4ccccc43)cc2)c1. The summed E-state index contributed by atoms with van der Waals surface area (Å²) in [7, 11) is -2.25. The summed E-state index contributed by atoms with van der Waals surface area (Å²) >= 11 is 6.22. The molecule has 9 heteroatoms. The number of imidazole rings is 1. The second-order valence-electron chi connectivity index (χ2n) is 7.86. The van der Waals surface area contributed by atoms with Crippen molar-refractivity contribution in [2.24, 2.45) is 0 Å². The van der Waals surface area contributed by atoms with Crippen LogP contribution in [0.5, 0.6) is 0 Å². The summed E-state index contributed by atoms with van der Waals surface area (Å²) in [6.45, 7) is 3.55. The van der Waals surface area contributed by atoms with Gasteiger partial charge in [-0.1, -0.05) is 23.7 Å². The van der Waals surface area contributed by atoms with Gasteiger partial charge in [0, 0.05) is 24.5 Å². The average molecular weight is 483 g/mol. The van der Waals surface area contributed by atoms with Crippen molar-refractivity contribution in [1.29, 1.82) is 0 Å². The molecule has 0 spiro atoms. The Labute approximate surface area is 197 Å². The number of rotatable bonds is 6. The number of sulfonamides is 1. The molecule has 7 nitrogen and oxygen atoms in total. The van der Waals surface area contributed by atoms with E-state index in [9.17, 15) is 13.2 Å². The predicted molar refractivity (Wildman–Crippen MR) is 131 cm³/mol. The largest absolute Gasteiger partial charge is 0.322 e. The highest BCUT2D eigenvalue weighted by Crippen LogP contribution is 2.25. The van der Waals surface area contributed by atoms with Crippen LogP contribution in [-0.4, -0.2) is 41.3 Å². The van der Waals surface area contributed by atoms with Crippen molar-refractivity contribution >= 4 is 44.3 Å². The molecule has 1 amide bonds. The van der Waals surface area contributed by atoms with Crippen LogP contribution in [0.3, 0.4) is 0 Å². The third-order valence-electron chi connectivity index (χ3n) is 5.44. The van der Waals surface area contributed by atoms with Gasteiger partial charge in [0.25, 0.3) is 5.91 Å². The van der Waals surface area contributed by atoms with Crippen LogP contribution < -0.4 is 5.32 Å². The second-order valence-corrected chi connectivity index (χ2v) is 10.3. The molecule has 0 aliphatic carbocycles. The summed E-state index contributed by atoms with van der Waals surface area (Å²) in [4.78, 5) is 17.3. The minimum Gasteiger partial charge on any atom is -0.322 e. The summed E-state index contributed by atoms with van der Waals surface area (Å²) in [5.41, 5.74) is 3.40. The fraction of sp³-hybridized carbons (Fsp3) is 0.167. The van der Waals surface area contributed by atoms with E-state index in [1.165, 1.54) is 29.6 Å². The minimum absolute atomic E-state index is 0.00980. The lowest BCUT2D eigenvalue weighted by atomic mass is 10.2. The molecule has 4 aromatic rings. The van der Waals surface area contributed by atoms with Crippen molar-refractivity contribution in [3.05, 3.63) is 83.6 Å². The van der Waals surface area contributed by atoms with Crippen LogP contribution in [0.25, 0.3) is 16.7 Å². The van der Waals surface area contributed by atoms with Gasteiger partial charge in [-0.2, -0.15) is 4.31 Å². The van der Waals surface area contributed by atoms with Crippen molar-refractivity contribution in [1.82, 2.24) is 13.9 Å². The number of anilines is 1. The average Bonchev–Trinajstić information content (AvgIpc) is 3.23. The van der Waals surface area contributed by atoms with Crippen LogP contribution >= 0.6 is 11.6 Å². The highest BCUT2D eigenvalue weighted by atomic mass is 35.5. The van der Waals surface area contributed by atoms with Crippen molar-refractivity contribution in [3.63, 3.8) is 0 Å². The maximum absolute atomic E-state index is 12.9. The molecular weight excluding hydrogens is 460 g/mol. The van der Waals surface area contributed by atoms with Gasteiger partial charge < -0.3 is 5.32 Å². The molecule has 3 aromatic carbocycles. The van der Waals surface area contributed by atoms with E-state index in [1.807, 2.05) is 41.0 Å². The molecule has 0 unspecified atom stereocenters. The Morgan fingerprint density at radius 1 is 1.06 bits per heavy atom. The Balaban J connectivity index is 1.57. The number of fused-ring (bicyclic) bond motifs is 1. The molecule has 0 aliphatic heterocycles. The molecule has 4 rings (SSSR count). The Hall–Kier alpha value is -3.20. The fourth-order valence-electron chi connectivity index (χ4n) is 3.35. The highest BCUT2D eigenvalue weighted by molar-refractivity contribution is 7.89. The van der Waals surface area contributed by atoms with Crippen LogP contribution in [-0.2, 0) is 10.0 Å². The van der Waals surface area contributed by atoms with E-state index in [-0.39, 0.29) is 21.5 Å². The number of hydrogen-bond donors (Lipinski definition) is 1.